The third-order valence-electron chi connectivity index (χ3n) is 1.28. The standard InChI is InChI=1S/C10H17N/c1-4-6-8-11-9-10(3)7-5-2/h4-5,7,11H,1,3,6,8-9H2,2H3/b7-5-. The van der Waals surface area contributed by atoms with Gasteiger partial charge >= 0.3 is 0 Å². The second kappa shape index (κ2) is 7.29. The zero-order valence-electron chi connectivity index (χ0n) is 7.27. The van der Waals surface area contributed by atoms with Crippen molar-refractivity contribution in [3.63, 3.8) is 0 Å². The van der Waals surface area contributed by atoms with Crippen LogP contribution in [0.15, 0.2) is 37.0 Å². The molecular weight excluding hydrogens is 134 g/mol. The van der Waals surface area contributed by atoms with Gasteiger partial charge in [-0.25, -0.2) is 0 Å². The number of hydrogen-bond donors (Lipinski definition) is 1. The lowest BCUT2D eigenvalue weighted by Crippen LogP contribution is -2.16. The summed E-state index contributed by atoms with van der Waals surface area (Å²) in [5, 5.41) is 3.25. The van der Waals surface area contributed by atoms with Gasteiger partial charge in [0.05, 0.1) is 0 Å². The summed E-state index contributed by atoms with van der Waals surface area (Å²) in [6.45, 7) is 11.4. The molecule has 0 amide bonds. The Hall–Kier alpha value is -0.820. The minimum atomic E-state index is 0.873. The monoisotopic (exact) mass is 151 g/mol. The summed E-state index contributed by atoms with van der Waals surface area (Å²) in [5.41, 5.74) is 1.12. The van der Waals surface area contributed by atoms with E-state index in [1.165, 1.54) is 0 Å². The van der Waals surface area contributed by atoms with Gasteiger partial charge in [-0.3, -0.25) is 0 Å². The first-order chi connectivity index (χ1) is 5.31. The van der Waals surface area contributed by atoms with Crippen molar-refractivity contribution in [3.05, 3.63) is 37.0 Å². The summed E-state index contributed by atoms with van der Waals surface area (Å²) in [6.07, 6.45) is 6.94. The highest BCUT2D eigenvalue weighted by molar-refractivity contribution is 5.14. The van der Waals surface area contributed by atoms with Crippen molar-refractivity contribution in [2.24, 2.45) is 0 Å². The predicted molar refractivity (Wildman–Crippen MR) is 51.6 cm³/mol. The van der Waals surface area contributed by atoms with Crippen LogP contribution in [0.4, 0.5) is 0 Å². The van der Waals surface area contributed by atoms with Crippen LogP contribution in [0, 0.1) is 0 Å². The Balaban J connectivity index is 3.24. The van der Waals surface area contributed by atoms with E-state index in [1.54, 1.807) is 0 Å². The SMILES string of the molecule is C=CCCNCC(=C)/C=C\C. The minimum absolute atomic E-state index is 0.873. The van der Waals surface area contributed by atoms with Gasteiger partial charge in [0, 0.05) is 6.54 Å². The lowest BCUT2D eigenvalue weighted by atomic mass is 10.3. The van der Waals surface area contributed by atoms with E-state index in [0.29, 0.717) is 0 Å². The average Bonchev–Trinajstić information content (AvgIpc) is 1.99. The largest absolute Gasteiger partial charge is 0.312 e. The van der Waals surface area contributed by atoms with Gasteiger partial charge in [0.1, 0.15) is 0 Å². The van der Waals surface area contributed by atoms with Gasteiger partial charge in [-0.1, -0.05) is 24.8 Å². The fraction of sp³-hybridized carbons (Fsp3) is 0.400. The highest BCUT2D eigenvalue weighted by Gasteiger charge is 1.85. The Bertz CT molecular complexity index is 145. The van der Waals surface area contributed by atoms with E-state index in [1.807, 2.05) is 25.2 Å². The first-order valence-corrected chi connectivity index (χ1v) is 3.93. The Morgan fingerprint density at radius 2 is 2.27 bits per heavy atom. The molecule has 0 bridgehead atoms. The quantitative estimate of drug-likeness (QED) is 0.349. The molecular formula is C10H17N. The summed E-state index contributed by atoms with van der Waals surface area (Å²) < 4.78 is 0. The van der Waals surface area contributed by atoms with E-state index in [4.69, 9.17) is 0 Å². The van der Waals surface area contributed by atoms with Gasteiger partial charge in [0.25, 0.3) is 0 Å². The average molecular weight is 151 g/mol. The molecule has 0 aromatic carbocycles. The van der Waals surface area contributed by atoms with Crippen molar-refractivity contribution < 1.29 is 0 Å². The molecule has 0 aliphatic carbocycles. The van der Waals surface area contributed by atoms with Crippen LogP contribution in [0.2, 0.25) is 0 Å². The van der Waals surface area contributed by atoms with Crippen LogP contribution in [0.5, 0.6) is 0 Å². The maximum Gasteiger partial charge on any atom is 0.0199 e. The molecule has 0 aromatic heterocycles. The summed E-state index contributed by atoms with van der Waals surface area (Å²) in [4.78, 5) is 0. The third kappa shape index (κ3) is 7.07. The van der Waals surface area contributed by atoms with E-state index in [9.17, 15) is 0 Å². The molecule has 1 nitrogen and oxygen atoms in total. The van der Waals surface area contributed by atoms with Crippen LogP contribution in [-0.4, -0.2) is 13.1 Å². The second-order valence-corrected chi connectivity index (χ2v) is 2.41. The van der Waals surface area contributed by atoms with Crippen LogP contribution >= 0.6 is 0 Å². The molecule has 0 aromatic rings. The van der Waals surface area contributed by atoms with E-state index < -0.39 is 0 Å². The Morgan fingerprint density at radius 3 is 2.82 bits per heavy atom. The van der Waals surface area contributed by atoms with Gasteiger partial charge < -0.3 is 5.32 Å². The van der Waals surface area contributed by atoms with Crippen molar-refractivity contribution in [2.45, 2.75) is 13.3 Å². The molecule has 11 heavy (non-hydrogen) atoms. The van der Waals surface area contributed by atoms with Crippen molar-refractivity contribution in [1.29, 1.82) is 0 Å². The van der Waals surface area contributed by atoms with E-state index in [2.05, 4.69) is 18.5 Å². The molecule has 0 aliphatic heterocycles. The Labute approximate surface area is 69.5 Å². The summed E-state index contributed by atoms with van der Waals surface area (Å²) in [6, 6.07) is 0. The summed E-state index contributed by atoms with van der Waals surface area (Å²) in [5.74, 6) is 0. The third-order valence-corrected chi connectivity index (χ3v) is 1.28. The fourth-order valence-electron chi connectivity index (χ4n) is 0.748. The van der Waals surface area contributed by atoms with Gasteiger partial charge in [-0.15, -0.1) is 6.58 Å². The fourth-order valence-corrected chi connectivity index (χ4v) is 0.748. The molecule has 1 heteroatoms. The molecule has 62 valence electrons. The molecule has 0 heterocycles. The molecule has 1 N–H and O–H groups in total. The molecule has 0 saturated heterocycles. The zero-order valence-corrected chi connectivity index (χ0v) is 7.27. The van der Waals surface area contributed by atoms with Crippen LogP contribution in [0.3, 0.4) is 0 Å². The second-order valence-electron chi connectivity index (χ2n) is 2.41. The van der Waals surface area contributed by atoms with Crippen LogP contribution in [0.25, 0.3) is 0 Å². The van der Waals surface area contributed by atoms with Crippen LogP contribution in [0.1, 0.15) is 13.3 Å². The minimum Gasteiger partial charge on any atom is -0.312 e. The van der Waals surface area contributed by atoms with E-state index >= 15 is 0 Å². The molecule has 0 saturated carbocycles. The Kier molecular flexibility index (Phi) is 6.75. The predicted octanol–water partition coefficient (Wildman–Crippen LogP) is 2.28. The summed E-state index contributed by atoms with van der Waals surface area (Å²) in [7, 11) is 0. The van der Waals surface area contributed by atoms with Crippen LogP contribution in [-0.2, 0) is 0 Å². The molecule has 0 aliphatic rings. The lowest BCUT2D eigenvalue weighted by molar-refractivity contribution is 0.747. The highest BCUT2D eigenvalue weighted by atomic mass is 14.8. The Morgan fingerprint density at radius 1 is 1.55 bits per heavy atom. The highest BCUT2D eigenvalue weighted by Crippen LogP contribution is 1.89. The number of hydrogen-bond acceptors (Lipinski definition) is 1. The van der Waals surface area contributed by atoms with Crippen molar-refractivity contribution in [1.82, 2.24) is 5.32 Å². The van der Waals surface area contributed by atoms with Gasteiger partial charge in [-0.2, -0.15) is 0 Å². The smallest absolute Gasteiger partial charge is 0.0199 e. The van der Waals surface area contributed by atoms with E-state index in [0.717, 1.165) is 25.1 Å². The normalized spacial score (nSPS) is 10.3. The number of rotatable bonds is 6. The number of allylic oxidation sites excluding steroid dienone is 1. The molecule has 0 fully saturated rings. The topological polar surface area (TPSA) is 12.0 Å². The first kappa shape index (κ1) is 10.2. The molecule has 0 rings (SSSR count). The molecule has 0 atom stereocenters. The zero-order chi connectivity index (χ0) is 8.53. The van der Waals surface area contributed by atoms with Crippen molar-refractivity contribution in [3.8, 4) is 0 Å². The van der Waals surface area contributed by atoms with Crippen molar-refractivity contribution in [2.75, 3.05) is 13.1 Å². The van der Waals surface area contributed by atoms with Crippen LogP contribution < -0.4 is 5.32 Å². The maximum absolute atomic E-state index is 3.87. The molecule has 0 spiro atoms. The maximum atomic E-state index is 3.87. The molecule has 0 unspecified atom stereocenters. The van der Waals surface area contributed by atoms with Gasteiger partial charge in [0.15, 0.2) is 0 Å². The number of nitrogens with one attached hydrogen (secondary N) is 1. The van der Waals surface area contributed by atoms with Crippen molar-refractivity contribution >= 4 is 0 Å². The summed E-state index contributed by atoms with van der Waals surface area (Å²) >= 11 is 0. The lowest BCUT2D eigenvalue weighted by Gasteiger charge is -2.01. The first-order valence-electron chi connectivity index (χ1n) is 3.93. The van der Waals surface area contributed by atoms with E-state index in [-0.39, 0.29) is 0 Å². The molecule has 0 radical (unpaired) electrons. The van der Waals surface area contributed by atoms with Gasteiger partial charge in [-0.05, 0) is 25.5 Å². The van der Waals surface area contributed by atoms with Gasteiger partial charge in [0.2, 0.25) is 0 Å².